The van der Waals surface area contributed by atoms with Crippen LogP contribution in [0.4, 0.5) is 4.39 Å². The van der Waals surface area contributed by atoms with Crippen LogP contribution in [-0.4, -0.2) is 6.61 Å². The van der Waals surface area contributed by atoms with Gasteiger partial charge < -0.3 is 4.74 Å². The second kappa shape index (κ2) is 6.87. The zero-order valence-electron chi connectivity index (χ0n) is 11.6. The number of hydrogen-bond acceptors (Lipinski definition) is 1. The van der Waals surface area contributed by atoms with Crippen molar-refractivity contribution < 1.29 is 9.13 Å². The zero-order chi connectivity index (χ0) is 15.6. The summed E-state index contributed by atoms with van der Waals surface area (Å²) in [6.45, 7) is 4.15. The summed E-state index contributed by atoms with van der Waals surface area (Å²) in [5.41, 5.74) is 1.75. The second-order valence-corrected chi connectivity index (χ2v) is 5.88. The molecule has 0 heterocycles. The van der Waals surface area contributed by atoms with Crippen molar-refractivity contribution in [2.24, 2.45) is 0 Å². The first-order valence-electron chi connectivity index (χ1n) is 6.46. The Morgan fingerprint density at radius 1 is 1.10 bits per heavy atom. The lowest BCUT2D eigenvalue weighted by atomic mass is 10.0. The van der Waals surface area contributed by atoms with E-state index in [0.717, 1.165) is 5.56 Å². The molecular formula is C16H14Cl3FO. The van der Waals surface area contributed by atoms with Crippen LogP contribution >= 0.6 is 34.8 Å². The number of hydrogen-bond donors (Lipinski definition) is 0. The second-order valence-electron chi connectivity index (χ2n) is 4.62. The molecule has 2 aromatic carbocycles. The molecule has 0 aliphatic heterocycles. The molecule has 0 bridgehead atoms. The largest absolute Gasteiger partial charge is 0.492 e. The summed E-state index contributed by atoms with van der Waals surface area (Å²) < 4.78 is 19.4. The van der Waals surface area contributed by atoms with Crippen LogP contribution in [0.25, 0.3) is 0 Å². The average molecular weight is 348 g/mol. The molecule has 0 aliphatic carbocycles. The van der Waals surface area contributed by atoms with E-state index in [-0.39, 0.29) is 5.82 Å². The van der Waals surface area contributed by atoms with Crippen molar-refractivity contribution in [2.45, 2.75) is 19.2 Å². The van der Waals surface area contributed by atoms with Gasteiger partial charge in [0.25, 0.3) is 0 Å². The van der Waals surface area contributed by atoms with Gasteiger partial charge in [-0.25, -0.2) is 4.39 Å². The van der Waals surface area contributed by atoms with Gasteiger partial charge in [-0.1, -0.05) is 35.3 Å². The van der Waals surface area contributed by atoms with Gasteiger partial charge >= 0.3 is 0 Å². The fourth-order valence-corrected chi connectivity index (χ4v) is 2.91. The van der Waals surface area contributed by atoms with Crippen LogP contribution in [0.5, 0.6) is 5.75 Å². The van der Waals surface area contributed by atoms with E-state index in [0.29, 0.717) is 33.5 Å². The molecule has 1 atom stereocenters. The molecule has 0 amide bonds. The van der Waals surface area contributed by atoms with E-state index in [1.54, 1.807) is 24.3 Å². The molecule has 0 radical (unpaired) electrons. The van der Waals surface area contributed by atoms with Crippen LogP contribution in [0.3, 0.4) is 0 Å². The van der Waals surface area contributed by atoms with E-state index >= 15 is 0 Å². The minimum atomic E-state index is -0.716. The lowest BCUT2D eigenvalue weighted by Crippen LogP contribution is -2.00. The molecule has 0 saturated carbocycles. The maximum atomic E-state index is 14.0. The predicted molar refractivity (Wildman–Crippen MR) is 86.5 cm³/mol. The highest BCUT2D eigenvalue weighted by molar-refractivity contribution is 6.36. The Kier molecular flexibility index (Phi) is 5.37. The quantitative estimate of drug-likeness (QED) is 0.601. The number of benzene rings is 2. The Morgan fingerprint density at radius 2 is 1.81 bits per heavy atom. The molecule has 21 heavy (non-hydrogen) atoms. The van der Waals surface area contributed by atoms with E-state index in [2.05, 4.69) is 0 Å². The van der Waals surface area contributed by atoms with Gasteiger partial charge in [0.2, 0.25) is 0 Å². The Morgan fingerprint density at radius 3 is 2.43 bits per heavy atom. The van der Waals surface area contributed by atoms with Crippen molar-refractivity contribution in [1.82, 2.24) is 0 Å². The molecule has 0 saturated heterocycles. The first-order chi connectivity index (χ1) is 9.93. The molecule has 1 unspecified atom stereocenters. The van der Waals surface area contributed by atoms with Crippen LogP contribution in [0, 0.1) is 12.7 Å². The molecule has 112 valence electrons. The summed E-state index contributed by atoms with van der Waals surface area (Å²) in [4.78, 5) is 0. The Balaban J connectivity index is 2.43. The van der Waals surface area contributed by atoms with Gasteiger partial charge in [0.15, 0.2) is 0 Å². The van der Waals surface area contributed by atoms with Gasteiger partial charge in [0.05, 0.1) is 17.0 Å². The summed E-state index contributed by atoms with van der Waals surface area (Å²) in [5.74, 6) is 0.122. The van der Waals surface area contributed by atoms with Crippen molar-refractivity contribution in [1.29, 1.82) is 0 Å². The lowest BCUT2D eigenvalue weighted by Gasteiger charge is -2.16. The van der Waals surface area contributed by atoms with Gasteiger partial charge in [-0.3, -0.25) is 0 Å². The molecule has 0 aliphatic rings. The minimum Gasteiger partial charge on any atom is -0.492 e. The Hall–Kier alpha value is -0.960. The topological polar surface area (TPSA) is 9.23 Å². The van der Waals surface area contributed by atoms with E-state index in [1.165, 1.54) is 6.07 Å². The van der Waals surface area contributed by atoms with Gasteiger partial charge in [-0.15, -0.1) is 11.6 Å². The van der Waals surface area contributed by atoms with Crippen molar-refractivity contribution in [3.8, 4) is 5.75 Å². The number of alkyl halides is 1. The van der Waals surface area contributed by atoms with Crippen LogP contribution in [0.1, 0.15) is 29.0 Å². The third-order valence-electron chi connectivity index (χ3n) is 3.05. The van der Waals surface area contributed by atoms with Gasteiger partial charge in [0.1, 0.15) is 11.6 Å². The van der Waals surface area contributed by atoms with E-state index in [4.69, 9.17) is 39.5 Å². The summed E-state index contributed by atoms with van der Waals surface area (Å²) in [6.07, 6.45) is 0. The lowest BCUT2D eigenvalue weighted by molar-refractivity contribution is 0.340. The summed E-state index contributed by atoms with van der Waals surface area (Å²) in [5, 5.41) is 0.0727. The maximum Gasteiger partial charge on any atom is 0.139 e. The minimum absolute atomic E-state index is 0.365. The molecular weight excluding hydrogens is 334 g/mol. The molecule has 0 fully saturated rings. The predicted octanol–water partition coefficient (Wildman–Crippen LogP) is 6.17. The van der Waals surface area contributed by atoms with E-state index in [1.807, 2.05) is 13.8 Å². The average Bonchev–Trinajstić information content (AvgIpc) is 2.42. The Bertz CT molecular complexity index is 658. The highest BCUT2D eigenvalue weighted by Gasteiger charge is 2.20. The fourth-order valence-electron chi connectivity index (χ4n) is 2.01. The molecule has 5 heteroatoms. The zero-order valence-corrected chi connectivity index (χ0v) is 13.9. The summed E-state index contributed by atoms with van der Waals surface area (Å²) >= 11 is 18.7. The van der Waals surface area contributed by atoms with Crippen LogP contribution < -0.4 is 4.74 Å². The fraction of sp³-hybridized carbons (Fsp3) is 0.250. The van der Waals surface area contributed by atoms with Gasteiger partial charge in [-0.05, 0) is 37.1 Å². The van der Waals surface area contributed by atoms with Crippen LogP contribution in [0.15, 0.2) is 30.3 Å². The first-order valence-corrected chi connectivity index (χ1v) is 7.65. The monoisotopic (exact) mass is 346 g/mol. The Labute approximate surface area is 138 Å². The van der Waals surface area contributed by atoms with Crippen LogP contribution in [0.2, 0.25) is 10.0 Å². The van der Waals surface area contributed by atoms with Crippen LogP contribution in [-0.2, 0) is 0 Å². The van der Waals surface area contributed by atoms with Crippen molar-refractivity contribution in [3.05, 3.63) is 62.9 Å². The smallest absolute Gasteiger partial charge is 0.139 e. The number of ether oxygens (including phenoxy) is 1. The number of aryl methyl sites for hydroxylation is 1. The number of rotatable bonds is 4. The summed E-state index contributed by atoms with van der Waals surface area (Å²) in [7, 11) is 0. The molecule has 0 spiro atoms. The molecule has 2 rings (SSSR count). The summed E-state index contributed by atoms with van der Waals surface area (Å²) in [6, 6.07) is 8.12. The SMILES string of the molecule is CCOc1cc(Cl)c(C(Cl)c2ccc(C)cc2F)cc1Cl. The third-order valence-corrected chi connectivity index (χ3v) is 4.15. The van der Waals surface area contributed by atoms with Crippen molar-refractivity contribution in [2.75, 3.05) is 6.61 Å². The van der Waals surface area contributed by atoms with Gasteiger partial charge in [-0.2, -0.15) is 0 Å². The van der Waals surface area contributed by atoms with Crippen molar-refractivity contribution in [3.63, 3.8) is 0 Å². The number of halogens is 4. The molecule has 2 aromatic rings. The van der Waals surface area contributed by atoms with Gasteiger partial charge in [0, 0.05) is 16.7 Å². The molecule has 0 N–H and O–H groups in total. The normalized spacial score (nSPS) is 12.3. The highest BCUT2D eigenvalue weighted by Crippen LogP contribution is 2.40. The highest BCUT2D eigenvalue weighted by atomic mass is 35.5. The molecule has 0 aromatic heterocycles. The maximum absolute atomic E-state index is 14.0. The first kappa shape index (κ1) is 16.4. The van der Waals surface area contributed by atoms with E-state index in [9.17, 15) is 4.39 Å². The third kappa shape index (κ3) is 3.63. The van der Waals surface area contributed by atoms with E-state index < -0.39 is 5.38 Å². The van der Waals surface area contributed by atoms with Crippen molar-refractivity contribution >= 4 is 34.8 Å². The standard InChI is InChI=1S/C16H14Cl3FO/c1-3-21-15-8-12(17)11(7-13(15)18)16(19)10-5-4-9(2)6-14(10)20/h4-8,16H,3H2,1-2H3. The molecule has 1 nitrogen and oxygen atoms in total.